The molecule has 0 fully saturated rings. The summed E-state index contributed by atoms with van der Waals surface area (Å²) < 4.78 is 41.5. The number of aromatic nitrogens is 4. The monoisotopic (exact) mass is 361 g/mol. The van der Waals surface area contributed by atoms with Crippen molar-refractivity contribution in [2.45, 2.75) is 19.6 Å². The average Bonchev–Trinajstić information content (AvgIpc) is 2.99. The van der Waals surface area contributed by atoms with E-state index in [1.807, 2.05) is 19.1 Å². The number of hydrogen-bond donors (Lipinski definition) is 0. The first kappa shape index (κ1) is 17.9. The Labute approximate surface area is 149 Å². The summed E-state index contributed by atoms with van der Waals surface area (Å²) in [7, 11) is 3.42. The van der Waals surface area contributed by atoms with E-state index in [1.54, 1.807) is 48.1 Å². The van der Waals surface area contributed by atoms with Gasteiger partial charge in [-0.3, -0.25) is 4.68 Å². The van der Waals surface area contributed by atoms with Gasteiger partial charge in [0.15, 0.2) is 5.69 Å². The first-order valence-electron chi connectivity index (χ1n) is 7.95. The van der Waals surface area contributed by atoms with Gasteiger partial charge in [0.05, 0.1) is 17.9 Å². The first-order chi connectivity index (χ1) is 12.2. The van der Waals surface area contributed by atoms with Gasteiger partial charge in [-0.25, -0.2) is 9.97 Å². The van der Waals surface area contributed by atoms with Crippen LogP contribution in [-0.2, 0) is 19.8 Å². The lowest BCUT2D eigenvalue weighted by Gasteiger charge is -2.18. The van der Waals surface area contributed by atoms with Gasteiger partial charge in [0.25, 0.3) is 0 Å². The number of nitrogens with zero attached hydrogens (tertiary/aromatic N) is 5. The fourth-order valence-electron chi connectivity index (χ4n) is 2.48. The molecule has 0 spiro atoms. The highest BCUT2D eigenvalue weighted by molar-refractivity contribution is 5.61. The fourth-order valence-corrected chi connectivity index (χ4v) is 2.48. The Morgan fingerprint density at radius 2 is 1.77 bits per heavy atom. The summed E-state index contributed by atoms with van der Waals surface area (Å²) in [6.07, 6.45) is -2.78. The van der Waals surface area contributed by atoms with Crippen molar-refractivity contribution in [1.29, 1.82) is 0 Å². The van der Waals surface area contributed by atoms with Crippen LogP contribution in [0.2, 0.25) is 0 Å². The van der Waals surface area contributed by atoms with Crippen LogP contribution in [0.3, 0.4) is 0 Å². The van der Waals surface area contributed by atoms with Gasteiger partial charge in [-0.15, -0.1) is 0 Å². The van der Waals surface area contributed by atoms with E-state index in [1.165, 1.54) is 0 Å². The van der Waals surface area contributed by atoms with Crippen molar-refractivity contribution >= 4 is 5.95 Å². The van der Waals surface area contributed by atoms with Gasteiger partial charge in [0, 0.05) is 25.9 Å². The van der Waals surface area contributed by atoms with Gasteiger partial charge in [-0.05, 0) is 19.1 Å². The summed E-state index contributed by atoms with van der Waals surface area (Å²) in [6.45, 7) is 2.21. The van der Waals surface area contributed by atoms with E-state index in [0.717, 1.165) is 11.6 Å². The molecule has 0 radical (unpaired) electrons. The number of halogens is 3. The Bertz CT molecular complexity index is 900. The molecule has 8 heteroatoms. The molecule has 0 saturated carbocycles. The Morgan fingerprint density at radius 3 is 2.35 bits per heavy atom. The lowest BCUT2D eigenvalue weighted by Crippen LogP contribution is -2.22. The zero-order valence-corrected chi connectivity index (χ0v) is 14.6. The molecule has 1 aromatic carbocycles. The van der Waals surface area contributed by atoms with E-state index in [-0.39, 0.29) is 11.6 Å². The van der Waals surface area contributed by atoms with Crippen molar-refractivity contribution in [3.8, 4) is 11.3 Å². The molecule has 136 valence electrons. The van der Waals surface area contributed by atoms with Crippen LogP contribution in [-0.4, -0.2) is 26.8 Å². The quantitative estimate of drug-likeness (QED) is 0.708. The summed E-state index contributed by atoms with van der Waals surface area (Å²) in [6, 6.07) is 9.94. The number of anilines is 1. The molecule has 0 aliphatic heterocycles. The first-order valence-corrected chi connectivity index (χ1v) is 7.95. The van der Waals surface area contributed by atoms with Gasteiger partial charge < -0.3 is 4.90 Å². The molecule has 3 rings (SSSR count). The van der Waals surface area contributed by atoms with Crippen LogP contribution < -0.4 is 4.90 Å². The van der Waals surface area contributed by atoms with Crippen molar-refractivity contribution in [3.63, 3.8) is 0 Å². The maximum Gasteiger partial charge on any atom is 0.433 e. The predicted molar refractivity (Wildman–Crippen MR) is 92.5 cm³/mol. The molecule has 0 aliphatic carbocycles. The zero-order chi connectivity index (χ0) is 18.9. The summed E-state index contributed by atoms with van der Waals surface area (Å²) in [5, 5.41) is 4.23. The van der Waals surface area contributed by atoms with Crippen molar-refractivity contribution < 1.29 is 13.2 Å². The highest BCUT2D eigenvalue weighted by Gasteiger charge is 2.34. The molecule has 0 unspecified atom stereocenters. The van der Waals surface area contributed by atoms with Crippen LogP contribution in [0.1, 0.15) is 17.0 Å². The average molecular weight is 361 g/mol. The van der Waals surface area contributed by atoms with Gasteiger partial charge in [-0.1, -0.05) is 29.8 Å². The number of hydrogen-bond acceptors (Lipinski definition) is 4. The lowest BCUT2D eigenvalue weighted by molar-refractivity contribution is -0.141. The SMILES string of the molecule is Cc1ccc(-c2cc(C(F)(F)F)nc(N(C)Cc3ccn(C)n3)n2)cc1. The Kier molecular flexibility index (Phi) is 4.67. The van der Waals surface area contributed by atoms with Crippen LogP contribution >= 0.6 is 0 Å². The van der Waals surface area contributed by atoms with E-state index >= 15 is 0 Å². The number of alkyl halides is 3. The molecule has 0 aliphatic rings. The molecule has 0 amide bonds. The Morgan fingerprint density at radius 1 is 1.08 bits per heavy atom. The minimum Gasteiger partial charge on any atom is -0.338 e. The molecule has 0 N–H and O–H groups in total. The van der Waals surface area contributed by atoms with E-state index in [4.69, 9.17) is 0 Å². The van der Waals surface area contributed by atoms with Gasteiger partial charge in [0.2, 0.25) is 5.95 Å². The highest BCUT2D eigenvalue weighted by Crippen LogP contribution is 2.31. The van der Waals surface area contributed by atoms with Crippen molar-refractivity contribution in [2.24, 2.45) is 7.05 Å². The van der Waals surface area contributed by atoms with Gasteiger partial charge in [0.1, 0.15) is 0 Å². The predicted octanol–water partition coefficient (Wildman–Crippen LogP) is 3.84. The molecule has 2 heterocycles. The van der Waals surface area contributed by atoms with Crippen LogP contribution in [0.5, 0.6) is 0 Å². The third-order valence-electron chi connectivity index (χ3n) is 3.86. The number of benzene rings is 1. The fraction of sp³-hybridized carbons (Fsp3) is 0.278. The summed E-state index contributed by atoms with van der Waals surface area (Å²) in [5.41, 5.74) is 1.61. The molecule has 5 nitrogen and oxygen atoms in total. The standard InChI is InChI=1S/C18H18F3N5/c1-12-4-6-13(7-5-12)15-10-16(18(19,20)21)23-17(22-15)25(2)11-14-8-9-26(3)24-14/h4-10H,11H2,1-3H3. The van der Waals surface area contributed by atoms with Crippen molar-refractivity contribution in [2.75, 3.05) is 11.9 Å². The summed E-state index contributed by atoms with van der Waals surface area (Å²) >= 11 is 0. The maximum absolute atomic E-state index is 13.3. The Balaban J connectivity index is 2.00. The number of aryl methyl sites for hydroxylation is 2. The Hall–Kier alpha value is -2.90. The topological polar surface area (TPSA) is 46.8 Å². The lowest BCUT2D eigenvalue weighted by atomic mass is 10.1. The summed E-state index contributed by atoms with van der Waals surface area (Å²) in [5.74, 6) is 0.000975. The second-order valence-corrected chi connectivity index (χ2v) is 6.14. The number of rotatable bonds is 4. The smallest absolute Gasteiger partial charge is 0.338 e. The zero-order valence-electron chi connectivity index (χ0n) is 14.6. The third-order valence-corrected chi connectivity index (χ3v) is 3.86. The molecular weight excluding hydrogens is 343 g/mol. The highest BCUT2D eigenvalue weighted by atomic mass is 19.4. The van der Waals surface area contributed by atoms with Gasteiger partial charge >= 0.3 is 6.18 Å². The van der Waals surface area contributed by atoms with Gasteiger partial charge in [-0.2, -0.15) is 18.3 Å². The van der Waals surface area contributed by atoms with Crippen LogP contribution in [0.4, 0.5) is 19.1 Å². The summed E-state index contributed by atoms with van der Waals surface area (Å²) in [4.78, 5) is 9.59. The largest absolute Gasteiger partial charge is 0.433 e. The van der Waals surface area contributed by atoms with Crippen molar-refractivity contribution in [3.05, 3.63) is 59.5 Å². The van der Waals surface area contributed by atoms with E-state index < -0.39 is 11.9 Å². The molecule has 0 saturated heterocycles. The van der Waals surface area contributed by atoms with Crippen molar-refractivity contribution in [1.82, 2.24) is 19.7 Å². The normalized spacial score (nSPS) is 11.6. The maximum atomic E-state index is 13.3. The van der Waals surface area contributed by atoms with Crippen LogP contribution in [0.25, 0.3) is 11.3 Å². The minimum absolute atomic E-state index is 0.000975. The second kappa shape index (κ2) is 6.78. The molecule has 2 aromatic heterocycles. The van der Waals surface area contributed by atoms with E-state index in [2.05, 4.69) is 15.1 Å². The van der Waals surface area contributed by atoms with Crippen LogP contribution in [0.15, 0.2) is 42.6 Å². The molecule has 3 aromatic rings. The third kappa shape index (κ3) is 4.01. The second-order valence-electron chi connectivity index (χ2n) is 6.14. The molecule has 26 heavy (non-hydrogen) atoms. The molecule has 0 atom stereocenters. The molecule has 0 bridgehead atoms. The minimum atomic E-state index is -4.55. The van der Waals surface area contributed by atoms with E-state index in [9.17, 15) is 13.2 Å². The molecular formula is C18H18F3N5. The van der Waals surface area contributed by atoms with E-state index in [0.29, 0.717) is 17.8 Å². The van der Waals surface area contributed by atoms with Crippen LogP contribution in [0, 0.1) is 6.92 Å².